The van der Waals surface area contributed by atoms with Crippen LogP contribution in [0.1, 0.15) is 25.3 Å². The van der Waals surface area contributed by atoms with E-state index in [9.17, 15) is 0 Å². The van der Waals surface area contributed by atoms with Crippen LogP contribution in [0.5, 0.6) is 0 Å². The molecule has 0 aliphatic heterocycles. The molecule has 0 fully saturated rings. The molecule has 84 valence electrons. The number of unbranched alkanes of at least 4 members (excludes halogenated alkanes) is 1. The fraction of sp³-hybridized carbons (Fsp3) is 0.500. The lowest BCUT2D eigenvalue weighted by molar-refractivity contribution is 0.321. The fourth-order valence-electron chi connectivity index (χ4n) is 1.52. The van der Waals surface area contributed by atoms with Gasteiger partial charge in [0.05, 0.1) is 0 Å². The smallest absolute Gasteiger partial charge is 0.0371 e. The van der Waals surface area contributed by atoms with Crippen LogP contribution in [-0.4, -0.2) is 18.5 Å². The average Bonchev–Trinajstić information content (AvgIpc) is 2.21. The standard InChI is InChI=1S/C12H19BrN2/c1-3-4-8-15(2)9-10-11(13)6-5-7-12(10)14/h5-7H,3-4,8-9,14H2,1-2H3. The minimum absolute atomic E-state index is 0.868. The van der Waals surface area contributed by atoms with Crippen molar-refractivity contribution in [2.45, 2.75) is 26.3 Å². The summed E-state index contributed by atoms with van der Waals surface area (Å²) in [5.74, 6) is 0. The lowest BCUT2D eigenvalue weighted by atomic mass is 10.1. The van der Waals surface area contributed by atoms with Crippen LogP contribution in [0.3, 0.4) is 0 Å². The molecule has 0 unspecified atom stereocenters. The maximum atomic E-state index is 5.94. The van der Waals surface area contributed by atoms with Crippen molar-refractivity contribution in [2.24, 2.45) is 0 Å². The number of nitrogens with zero attached hydrogens (tertiary/aromatic N) is 1. The topological polar surface area (TPSA) is 29.3 Å². The monoisotopic (exact) mass is 270 g/mol. The van der Waals surface area contributed by atoms with E-state index < -0.39 is 0 Å². The van der Waals surface area contributed by atoms with Crippen molar-refractivity contribution in [2.75, 3.05) is 19.3 Å². The number of nitrogen functional groups attached to an aromatic ring is 1. The molecule has 1 aromatic carbocycles. The number of anilines is 1. The van der Waals surface area contributed by atoms with Gasteiger partial charge in [0, 0.05) is 22.3 Å². The molecule has 2 N–H and O–H groups in total. The second-order valence-corrected chi connectivity index (χ2v) is 4.75. The Morgan fingerprint density at radius 1 is 1.40 bits per heavy atom. The summed E-state index contributed by atoms with van der Waals surface area (Å²) in [6.45, 7) is 4.24. The van der Waals surface area contributed by atoms with Crippen molar-refractivity contribution >= 4 is 21.6 Å². The van der Waals surface area contributed by atoms with Gasteiger partial charge in [0.15, 0.2) is 0 Å². The van der Waals surface area contributed by atoms with Gasteiger partial charge < -0.3 is 10.6 Å². The molecule has 0 aromatic heterocycles. The molecular formula is C12H19BrN2. The first-order valence-corrected chi connectivity index (χ1v) is 6.16. The Morgan fingerprint density at radius 2 is 2.13 bits per heavy atom. The molecule has 0 saturated carbocycles. The second-order valence-electron chi connectivity index (χ2n) is 3.90. The highest BCUT2D eigenvalue weighted by molar-refractivity contribution is 9.10. The van der Waals surface area contributed by atoms with Crippen LogP contribution in [0.4, 0.5) is 5.69 Å². The van der Waals surface area contributed by atoms with Crippen molar-refractivity contribution in [3.8, 4) is 0 Å². The Hall–Kier alpha value is -0.540. The zero-order valence-electron chi connectivity index (χ0n) is 9.46. The summed E-state index contributed by atoms with van der Waals surface area (Å²) in [6.07, 6.45) is 2.47. The van der Waals surface area contributed by atoms with E-state index in [0.717, 1.165) is 23.2 Å². The van der Waals surface area contributed by atoms with E-state index >= 15 is 0 Å². The summed E-state index contributed by atoms with van der Waals surface area (Å²) < 4.78 is 1.10. The van der Waals surface area contributed by atoms with Crippen LogP contribution < -0.4 is 5.73 Å². The van der Waals surface area contributed by atoms with Crippen LogP contribution in [-0.2, 0) is 6.54 Å². The average molecular weight is 271 g/mol. The minimum Gasteiger partial charge on any atom is -0.398 e. The molecule has 2 nitrogen and oxygen atoms in total. The Labute approximate surface area is 101 Å². The lowest BCUT2D eigenvalue weighted by Crippen LogP contribution is -2.20. The Bertz CT molecular complexity index is 292. The van der Waals surface area contributed by atoms with Gasteiger partial charge in [-0.3, -0.25) is 0 Å². The second kappa shape index (κ2) is 6.13. The molecule has 0 spiro atoms. The minimum atomic E-state index is 0.868. The van der Waals surface area contributed by atoms with Gasteiger partial charge in [-0.25, -0.2) is 0 Å². The third kappa shape index (κ3) is 3.84. The SMILES string of the molecule is CCCCN(C)Cc1c(N)cccc1Br. The normalized spacial score (nSPS) is 10.9. The van der Waals surface area contributed by atoms with E-state index in [0.29, 0.717) is 0 Å². The van der Waals surface area contributed by atoms with Crippen molar-refractivity contribution in [1.29, 1.82) is 0 Å². The number of hydrogen-bond acceptors (Lipinski definition) is 2. The van der Waals surface area contributed by atoms with Crippen molar-refractivity contribution in [1.82, 2.24) is 4.90 Å². The largest absolute Gasteiger partial charge is 0.398 e. The van der Waals surface area contributed by atoms with Crippen molar-refractivity contribution in [3.05, 3.63) is 28.2 Å². The quantitative estimate of drug-likeness (QED) is 0.833. The molecule has 0 bridgehead atoms. The van der Waals surface area contributed by atoms with Gasteiger partial charge in [0.25, 0.3) is 0 Å². The summed E-state index contributed by atoms with van der Waals surface area (Å²) >= 11 is 3.54. The summed E-state index contributed by atoms with van der Waals surface area (Å²) in [4.78, 5) is 2.31. The van der Waals surface area contributed by atoms with Crippen LogP contribution in [0, 0.1) is 0 Å². The highest BCUT2D eigenvalue weighted by Gasteiger charge is 2.06. The maximum absolute atomic E-state index is 5.94. The van der Waals surface area contributed by atoms with Crippen LogP contribution in [0.25, 0.3) is 0 Å². The molecular weight excluding hydrogens is 252 g/mol. The maximum Gasteiger partial charge on any atom is 0.0371 e. The summed E-state index contributed by atoms with van der Waals surface area (Å²) in [7, 11) is 2.13. The lowest BCUT2D eigenvalue weighted by Gasteiger charge is -2.18. The molecule has 3 heteroatoms. The third-order valence-electron chi connectivity index (χ3n) is 2.48. The number of benzene rings is 1. The van der Waals surface area contributed by atoms with Crippen LogP contribution in [0.2, 0.25) is 0 Å². The molecule has 0 saturated heterocycles. The Morgan fingerprint density at radius 3 is 2.73 bits per heavy atom. The molecule has 0 heterocycles. The van der Waals surface area contributed by atoms with E-state index in [2.05, 4.69) is 34.8 Å². The molecule has 1 aromatic rings. The van der Waals surface area contributed by atoms with Crippen molar-refractivity contribution in [3.63, 3.8) is 0 Å². The van der Waals surface area contributed by atoms with Gasteiger partial charge in [0.2, 0.25) is 0 Å². The number of halogens is 1. The van der Waals surface area contributed by atoms with E-state index in [-0.39, 0.29) is 0 Å². The molecule has 0 aliphatic carbocycles. The number of nitrogens with two attached hydrogens (primary N) is 1. The highest BCUT2D eigenvalue weighted by atomic mass is 79.9. The zero-order chi connectivity index (χ0) is 11.3. The van der Waals surface area contributed by atoms with E-state index in [4.69, 9.17) is 5.73 Å². The van der Waals surface area contributed by atoms with Gasteiger partial charge in [0.1, 0.15) is 0 Å². The number of hydrogen-bond donors (Lipinski definition) is 1. The molecule has 0 radical (unpaired) electrons. The van der Waals surface area contributed by atoms with Gasteiger partial charge >= 0.3 is 0 Å². The first kappa shape index (κ1) is 12.5. The fourth-order valence-corrected chi connectivity index (χ4v) is 2.03. The summed E-state index contributed by atoms with van der Waals surface area (Å²) in [5, 5.41) is 0. The molecule has 0 amide bonds. The van der Waals surface area contributed by atoms with Crippen LogP contribution in [0.15, 0.2) is 22.7 Å². The summed E-state index contributed by atoms with van der Waals surface area (Å²) in [6, 6.07) is 5.96. The first-order chi connectivity index (χ1) is 7.15. The van der Waals surface area contributed by atoms with Gasteiger partial charge in [-0.2, -0.15) is 0 Å². The molecule has 0 atom stereocenters. The summed E-state index contributed by atoms with van der Waals surface area (Å²) in [5.41, 5.74) is 8.00. The third-order valence-corrected chi connectivity index (χ3v) is 3.22. The zero-order valence-corrected chi connectivity index (χ0v) is 11.0. The highest BCUT2D eigenvalue weighted by Crippen LogP contribution is 2.23. The van der Waals surface area contributed by atoms with E-state index in [1.165, 1.54) is 18.4 Å². The van der Waals surface area contributed by atoms with E-state index in [1.54, 1.807) is 0 Å². The molecule has 1 rings (SSSR count). The number of rotatable bonds is 5. The molecule has 0 aliphatic rings. The molecule has 15 heavy (non-hydrogen) atoms. The predicted molar refractivity (Wildman–Crippen MR) is 69.8 cm³/mol. The van der Waals surface area contributed by atoms with Crippen LogP contribution >= 0.6 is 15.9 Å². The predicted octanol–water partition coefficient (Wildman–Crippen LogP) is 3.26. The Kier molecular flexibility index (Phi) is 5.12. The van der Waals surface area contributed by atoms with Gasteiger partial charge in [-0.15, -0.1) is 0 Å². The first-order valence-electron chi connectivity index (χ1n) is 5.36. The van der Waals surface area contributed by atoms with Gasteiger partial charge in [-0.1, -0.05) is 35.3 Å². The van der Waals surface area contributed by atoms with Crippen molar-refractivity contribution < 1.29 is 0 Å². The van der Waals surface area contributed by atoms with E-state index in [1.807, 2.05) is 18.2 Å². The van der Waals surface area contributed by atoms with Gasteiger partial charge in [-0.05, 0) is 32.1 Å². The Balaban J connectivity index is 2.63.